The highest BCUT2D eigenvalue weighted by atomic mass is 15.2. The van der Waals surface area contributed by atoms with Crippen LogP contribution < -0.4 is 10.2 Å². The Morgan fingerprint density at radius 2 is 1.73 bits per heavy atom. The van der Waals surface area contributed by atoms with E-state index in [4.69, 9.17) is 0 Å². The van der Waals surface area contributed by atoms with E-state index in [1.807, 2.05) is 6.92 Å². The summed E-state index contributed by atoms with van der Waals surface area (Å²) in [5.74, 6) is 1.98. The van der Waals surface area contributed by atoms with Crippen LogP contribution in [-0.4, -0.2) is 36.1 Å². The number of nitrogens with zero attached hydrogens (tertiary/aromatic N) is 3. The number of hydrogen-bond donors (Lipinski definition) is 1. The van der Waals surface area contributed by atoms with E-state index in [2.05, 4.69) is 34.0 Å². The van der Waals surface area contributed by atoms with Crippen molar-refractivity contribution in [3.63, 3.8) is 0 Å². The molecule has 0 atom stereocenters. The third-order valence-corrected chi connectivity index (χ3v) is 2.89. The van der Waals surface area contributed by atoms with Gasteiger partial charge in [0.15, 0.2) is 0 Å². The first kappa shape index (κ1) is 10.4. The lowest BCUT2D eigenvalue weighted by Gasteiger charge is -2.30. The fourth-order valence-corrected chi connectivity index (χ4v) is 1.93. The molecule has 4 heteroatoms. The highest BCUT2D eigenvalue weighted by molar-refractivity contribution is 5.48. The van der Waals surface area contributed by atoms with Crippen molar-refractivity contribution in [2.75, 3.05) is 31.1 Å². The Bertz CT molecular complexity index is 356. The van der Waals surface area contributed by atoms with E-state index < -0.39 is 0 Å². The molecule has 15 heavy (non-hydrogen) atoms. The molecular weight excluding hydrogens is 188 g/mol. The summed E-state index contributed by atoms with van der Waals surface area (Å²) >= 11 is 0. The van der Waals surface area contributed by atoms with Gasteiger partial charge in [0.05, 0.1) is 0 Å². The fourth-order valence-electron chi connectivity index (χ4n) is 1.93. The van der Waals surface area contributed by atoms with E-state index in [0.717, 1.165) is 43.5 Å². The molecule has 1 saturated heterocycles. The molecule has 1 aromatic rings. The predicted molar refractivity (Wildman–Crippen MR) is 61.3 cm³/mol. The third-order valence-electron chi connectivity index (χ3n) is 2.89. The van der Waals surface area contributed by atoms with Gasteiger partial charge < -0.3 is 10.2 Å². The second-order valence-corrected chi connectivity index (χ2v) is 4.04. The van der Waals surface area contributed by atoms with Gasteiger partial charge in [-0.1, -0.05) is 0 Å². The first-order chi connectivity index (χ1) is 7.18. The molecule has 0 spiro atoms. The SMILES string of the molecule is Cc1nc(C)c(C)c(N2CCNCC2)n1. The van der Waals surface area contributed by atoms with Gasteiger partial charge in [0, 0.05) is 37.4 Å². The van der Waals surface area contributed by atoms with E-state index in [1.54, 1.807) is 0 Å². The number of piperazine rings is 1. The summed E-state index contributed by atoms with van der Waals surface area (Å²) in [7, 11) is 0. The minimum Gasteiger partial charge on any atom is -0.354 e. The fraction of sp³-hybridized carbons (Fsp3) is 0.636. The van der Waals surface area contributed by atoms with Crippen LogP contribution in [-0.2, 0) is 0 Å². The Kier molecular flexibility index (Phi) is 2.86. The second kappa shape index (κ2) is 4.14. The highest BCUT2D eigenvalue weighted by Crippen LogP contribution is 2.19. The van der Waals surface area contributed by atoms with Crippen molar-refractivity contribution in [3.05, 3.63) is 17.1 Å². The summed E-state index contributed by atoms with van der Waals surface area (Å²) in [6.07, 6.45) is 0. The van der Waals surface area contributed by atoms with Crippen molar-refractivity contribution in [1.29, 1.82) is 0 Å². The molecule has 1 aliphatic heterocycles. The molecule has 4 nitrogen and oxygen atoms in total. The van der Waals surface area contributed by atoms with E-state index in [9.17, 15) is 0 Å². The molecule has 0 saturated carbocycles. The minimum absolute atomic E-state index is 0.867. The highest BCUT2D eigenvalue weighted by Gasteiger charge is 2.15. The van der Waals surface area contributed by atoms with Crippen molar-refractivity contribution in [2.24, 2.45) is 0 Å². The summed E-state index contributed by atoms with van der Waals surface area (Å²) in [6, 6.07) is 0. The molecule has 1 aliphatic rings. The zero-order valence-corrected chi connectivity index (χ0v) is 9.67. The summed E-state index contributed by atoms with van der Waals surface area (Å²) in [4.78, 5) is 11.3. The molecule has 1 fully saturated rings. The van der Waals surface area contributed by atoms with Gasteiger partial charge in [0.25, 0.3) is 0 Å². The third kappa shape index (κ3) is 2.09. The maximum Gasteiger partial charge on any atom is 0.135 e. The van der Waals surface area contributed by atoms with Gasteiger partial charge in [-0.15, -0.1) is 0 Å². The number of aryl methyl sites for hydroxylation is 2. The zero-order chi connectivity index (χ0) is 10.8. The Morgan fingerprint density at radius 3 is 2.40 bits per heavy atom. The maximum absolute atomic E-state index is 4.54. The average molecular weight is 206 g/mol. The van der Waals surface area contributed by atoms with Crippen LogP contribution >= 0.6 is 0 Å². The van der Waals surface area contributed by atoms with Gasteiger partial charge in [-0.3, -0.25) is 0 Å². The summed E-state index contributed by atoms with van der Waals surface area (Å²) < 4.78 is 0. The van der Waals surface area contributed by atoms with Gasteiger partial charge in [0.2, 0.25) is 0 Å². The van der Waals surface area contributed by atoms with Gasteiger partial charge >= 0.3 is 0 Å². The monoisotopic (exact) mass is 206 g/mol. The molecule has 0 aromatic carbocycles. The summed E-state index contributed by atoms with van der Waals surface area (Å²) in [6.45, 7) is 10.3. The zero-order valence-electron chi connectivity index (χ0n) is 9.67. The summed E-state index contributed by atoms with van der Waals surface area (Å²) in [5.41, 5.74) is 2.30. The lowest BCUT2D eigenvalue weighted by Crippen LogP contribution is -2.44. The topological polar surface area (TPSA) is 41.1 Å². The van der Waals surface area contributed by atoms with Crippen molar-refractivity contribution in [1.82, 2.24) is 15.3 Å². The summed E-state index contributed by atoms with van der Waals surface area (Å²) in [5, 5.41) is 3.35. The van der Waals surface area contributed by atoms with Crippen LogP contribution in [0.2, 0.25) is 0 Å². The molecule has 0 amide bonds. The van der Waals surface area contributed by atoms with Crippen LogP contribution in [0.3, 0.4) is 0 Å². The number of aromatic nitrogens is 2. The van der Waals surface area contributed by atoms with Crippen LogP contribution in [0.15, 0.2) is 0 Å². The Hall–Kier alpha value is -1.16. The molecule has 0 aliphatic carbocycles. The molecule has 0 bridgehead atoms. The van der Waals surface area contributed by atoms with Crippen molar-refractivity contribution >= 4 is 5.82 Å². The molecular formula is C11H18N4. The number of anilines is 1. The van der Waals surface area contributed by atoms with Gasteiger partial charge in [-0.05, 0) is 20.8 Å². The largest absolute Gasteiger partial charge is 0.354 e. The Balaban J connectivity index is 2.33. The van der Waals surface area contributed by atoms with Crippen molar-refractivity contribution < 1.29 is 0 Å². The first-order valence-corrected chi connectivity index (χ1v) is 5.46. The molecule has 82 valence electrons. The van der Waals surface area contributed by atoms with Crippen LogP contribution in [0.25, 0.3) is 0 Å². The number of rotatable bonds is 1. The van der Waals surface area contributed by atoms with E-state index in [-0.39, 0.29) is 0 Å². The minimum atomic E-state index is 0.867. The second-order valence-electron chi connectivity index (χ2n) is 4.04. The predicted octanol–water partition coefficient (Wildman–Crippen LogP) is 0.811. The van der Waals surface area contributed by atoms with Crippen molar-refractivity contribution in [3.8, 4) is 0 Å². The molecule has 2 rings (SSSR count). The molecule has 1 aromatic heterocycles. The molecule has 1 N–H and O–H groups in total. The van der Waals surface area contributed by atoms with Crippen LogP contribution in [0.5, 0.6) is 0 Å². The normalized spacial score (nSPS) is 16.9. The maximum atomic E-state index is 4.54. The van der Waals surface area contributed by atoms with E-state index in [1.165, 1.54) is 5.56 Å². The van der Waals surface area contributed by atoms with Gasteiger partial charge in [-0.2, -0.15) is 0 Å². The Morgan fingerprint density at radius 1 is 1.07 bits per heavy atom. The number of hydrogen-bond acceptors (Lipinski definition) is 4. The smallest absolute Gasteiger partial charge is 0.135 e. The van der Waals surface area contributed by atoms with Crippen LogP contribution in [0, 0.1) is 20.8 Å². The molecule has 0 radical (unpaired) electrons. The van der Waals surface area contributed by atoms with E-state index >= 15 is 0 Å². The van der Waals surface area contributed by atoms with Crippen LogP contribution in [0.4, 0.5) is 5.82 Å². The number of nitrogens with one attached hydrogen (secondary N) is 1. The lowest BCUT2D eigenvalue weighted by molar-refractivity contribution is 0.582. The van der Waals surface area contributed by atoms with Gasteiger partial charge in [0.1, 0.15) is 11.6 Å². The van der Waals surface area contributed by atoms with Crippen molar-refractivity contribution in [2.45, 2.75) is 20.8 Å². The van der Waals surface area contributed by atoms with E-state index in [0.29, 0.717) is 0 Å². The van der Waals surface area contributed by atoms with Gasteiger partial charge in [-0.25, -0.2) is 9.97 Å². The Labute approximate surface area is 90.7 Å². The van der Waals surface area contributed by atoms with Crippen LogP contribution in [0.1, 0.15) is 17.1 Å². The standard InChI is InChI=1S/C11H18N4/c1-8-9(2)13-10(3)14-11(8)15-6-4-12-5-7-15/h12H,4-7H2,1-3H3. The average Bonchev–Trinajstić information content (AvgIpc) is 2.24. The molecule has 0 unspecified atom stereocenters. The molecule has 2 heterocycles. The first-order valence-electron chi connectivity index (χ1n) is 5.46. The lowest BCUT2D eigenvalue weighted by atomic mass is 10.2. The quantitative estimate of drug-likeness (QED) is 0.738.